The summed E-state index contributed by atoms with van der Waals surface area (Å²) >= 11 is 0. The van der Waals surface area contributed by atoms with Crippen LogP contribution < -0.4 is 5.32 Å². The Morgan fingerprint density at radius 3 is 2.50 bits per heavy atom. The molecular weight excluding hydrogens is 206 g/mol. The van der Waals surface area contributed by atoms with E-state index < -0.39 is 6.10 Å². The van der Waals surface area contributed by atoms with Crippen LogP contribution in [0.15, 0.2) is 0 Å². The fraction of sp³-hybridized carbons (Fsp3) is 1.00. The highest BCUT2D eigenvalue weighted by Crippen LogP contribution is 2.40. The fourth-order valence-electron chi connectivity index (χ4n) is 1.89. The van der Waals surface area contributed by atoms with Crippen molar-refractivity contribution in [3.05, 3.63) is 0 Å². The van der Waals surface area contributed by atoms with Crippen LogP contribution in [0, 0.1) is 5.41 Å². The van der Waals surface area contributed by atoms with Gasteiger partial charge in [-0.1, -0.05) is 13.8 Å². The molecule has 0 radical (unpaired) electrons. The van der Waals surface area contributed by atoms with Gasteiger partial charge in [0, 0.05) is 18.0 Å². The van der Waals surface area contributed by atoms with Gasteiger partial charge in [0.2, 0.25) is 0 Å². The first-order valence-corrected chi connectivity index (χ1v) is 6.05. The Balaban J connectivity index is 2.16. The van der Waals surface area contributed by atoms with Crippen molar-refractivity contribution < 1.29 is 14.9 Å². The molecule has 0 saturated heterocycles. The van der Waals surface area contributed by atoms with Crippen molar-refractivity contribution >= 4 is 0 Å². The van der Waals surface area contributed by atoms with Crippen molar-refractivity contribution in [2.45, 2.75) is 58.5 Å². The van der Waals surface area contributed by atoms with Gasteiger partial charge in [0.25, 0.3) is 0 Å². The van der Waals surface area contributed by atoms with Crippen LogP contribution in [0.2, 0.25) is 0 Å². The van der Waals surface area contributed by atoms with Crippen LogP contribution in [0.4, 0.5) is 0 Å². The van der Waals surface area contributed by atoms with Crippen molar-refractivity contribution in [1.82, 2.24) is 5.32 Å². The van der Waals surface area contributed by atoms with Crippen LogP contribution in [0.1, 0.15) is 34.1 Å². The number of aliphatic hydroxyl groups is 2. The van der Waals surface area contributed by atoms with E-state index in [1.54, 1.807) is 0 Å². The summed E-state index contributed by atoms with van der Waals surface area (Å²) in [6, 6.07) is 0.288. The highest BCUT2D eigenvalue weighted by atomic mass is 16.5. The third-order valence-corrected chi connectivity index (χ3v) is 3.44. The van der Waals surface area contributed by atoms with Crippen molar-refractivity contribution in [3.63, 3.8) is 0 Å². The molecule has 0 aliphatic heterocycles. The SMILES string of the molecule is CC(C)OCC(O)CNC1CC(O)C1(C)C. The molecule has 16 heavy (non-hydrogen) atoms. The van der Waals surface area contributed by atoms with Gasteiger partial charge in [-0.15, -0.1) is 0 Å². The molecule has 0 spiro atoms. The van der Waals surface area contributed by atoms with Crippen LogP contribution >= 0.6 is 0 Å². The standard InChI is InChI=1S/C12H25NO3/c1-8(2)16-7-9(14)6-13-10-5-11(15)12(10,3)4/h8-11,13-15H,5-7H2,1-4H3. The summed E-state index contributed by atoms with van der Waals surface area (Å²) in [5.74, 6) is 0. The second-order valence-corrected chi connectivity index (χ2v) is 5.57. The molecule has 4 heteroatoms. The average Bonchev–Trinajstić information content (AvgIpc) is 2.20. The quantitative estimate of drug-likeness (QED) is 0.624. The van der Waals surface area contributed by atoms with Gasteiger partial charge in [-0.2, -0.15) is 0 Å². The Bertz CT molecular complexity index is 218. The number of rotatable bonds is 6. The van der Waals surface area contributed by atoms with Gasteiger partial charge < -0.3 is 20.3 Å². The predicted molar refractivity (Wildman–Crippen MR) is 63.3 cm³/mol. The van der Waals surface area contributed by atoms with E-state index in [1.165, 1.54) is 0 Å². The topological polar surface area (TPSA) is 61.7 Å². The fourth-order valence-corrected chi connectivity index (χ4v) is 1.89. The summed E-state index contributed by atoms with van der Waals surface area (Å²) in [5.41, 5.74) is -0.0847. The van der Waals surface area contributed by atoms with Gasteiger partial charge in [-0.25, -0.2) is 0 Å². The van der Waals surface area contributed by atoms with Crippen LogP contribution in [0.3, 0.4) is 0 Å². The third-order valence-electron chi connectivity index (χ3n) is 3.44. The maximum atomic E-state index is 9.65. The summed E-state index contributed by atoms with van der Waals surface area (Å²) < 4.78 is 5.32. The molecule has 3 atom stereocenters. The summed E-state index contributed by atoms with van der Waals surface area (Å²) in [5, 5.41) is 22.5. The summed E-state index contributed by atoms with van der Waals surface area (Å²) in [6.07, 6.45) is 0.215. The predicted octanol–water partition coefficient (Wildman–Crippen LogP) is 0.521. The van der Waals surface area contributed by atoms with E-state index in [4.69, 9.17) is 4.74 Å². The van der Waals surface area contributed by atoms with Gasteiger partial charge in [-0.3, -0.25) is 0 Å². The maximum absolute atomic E-state index is 9.65. The lowest BCUT2D eigenvalue weighted by molar-refractivity contribution is -0.0775. The normalized spacial score (nSPS) is 30.2. The monoisotopic (exact) mass is 231 g/mol. The van der Waals surface area contributed by atoms with Crippen molar-refractivity contribution in [3.8, 4) is 0 Å². The van der Waals surface area contributed by atoms with Gasteiger partial charge >= 0.3 is 0 Å². The molecule has 1 saturated carbocycles. The minimum atomic E-state index is -0.476. The average molecular weight is 231 g/mol. The van der Waals surface area contributed by atoms with Gasteiger partial charge in [0.15, 0.2) is 0 Å². The number of hydrogen-bond acceptors (Lipinski definition) is 4. The lowest BCUT2D eigenvalue weighted by atomic mass is 9.64. The van der Waals surface area contributed by atoms with Crippen molar-refractivity contribution in [2.75, 3.05) is 13.2 Å². The van der Waals surface area contributed by atoms with E-state index in [1.807, 2.05) is 27.7 Å². The van der Waals surface area contributed by atoms with Crippen LogP contribution in [0.5, 0.6) is 0 Å². The summed E-state index contributed by atoms with van der Waals surface area (Å²) in [7, 11) is 0. The Morgan fingerprint density at radius 1 is 1.44 bits per heavy atom. The van der Waals surface area contributed by atoms with E-state index in [9.17, 15) is 10.2 Å². The molecule has 3 N–H and O–H groups in total. The molecule has 0 amide bonds. The lowest BCUT2D eigenvalue weighted by Gasteiger charge is -2.49. The first-order chi connectivity index (χ1) is 7.34. The number of ether oxygens (including phenoxy) is 1. The van der Waals surface area contributed by atoms with Crippen LogP contribution in [-0.2, 0) is 4.74 Å². The Labute approximate surface area is 98.0 Å². The third kappa shape index (κ3) is 3.42. The molecule has 0 aromatic heterocycles. The zero-order chi connectivity index (χ0) is 12.3. The second kappa shape index (κ2) is 5.45. The van der Waals surface area contributed by atoms with Gasteiger partial charge in [0.1, 0.15) is 0 Å². The maximum Gasteiger partial charge on any atom is 0.0897 e. The largest absolute Gasteiger partial charge is 0.392 e. The molecule has 0 bridgehead atoms. The van der Waals surface area contributed by atoms with E-state index in [-0.39, 0.29) is 23.7 Å². The van der Waals surface area contributed by atoms with Crippen molar-refractivity contribution in [2.24, 2.45) is 5.41 Å². The van der Waals surface area contributed by atoms with E-state index >= 15 is 0 Å². The van der Waals surface area contributed by atoms with Crippen LogP contribution in [-0.4, -0.2) is 47.7 Å². The second-order valence-electron chi connectivity index (χ2n) is 5.57. The van der Waals surface area contributed by atoms with E-state index in [0.717, 1.165) is 6.42 Å². The molecule has 1 rings (SSSR count). The molecule has 1 aliphatic rings. The smallest absolute Gasteiger partial charge is 0.0897 e. The molecular formula is C12H25NO3. The molecule has 4 nitrogen and oxygen atoms in total. The molecule has 0 heterocycles. The number of aliphatic hydroxyl groups excluding tert-OH is 2. The Kier molecular flexibility index (Phi) is 4.73. The first kappa shape index (κ1) is 13.9. The Hall–Kier alpha value is -0.160. The van der Waals surface area contributed by atoms with Gasteiger partial charge in [-0.05, 0) is 20.3 Å². The van der Waals surface area contributed by atoms with Crippen LogP contribution in [0.25, 0.3) is 0 Å². The minimum absolute atomic E-state index is 0.0847. The number of nitrogens with one attached hydrogen (secondary N) is 1. The zero-order valence-electron chi connectivity index (χ0n) is 10.7. The van der Waals surface area contributed by atoms with E-state index in [0.29, 0.717) is 13.2 Å². The summed E-state index contributed by atoms with van der Waals surface area (Å²) in [6.45, 7) is 8.86. The first-order valence-electron chi connectivity index (χ1n) is 6.05. The highest BCUT2D eigenvalue weighted by molar-refractivity contribution is 5.01. The molecule has 1 fully saturated rings. The molecule has 1 aliphatic carbocycles. The molecule has 3 unspecified atom stereocenters. The van der Waals surface area contributed by atoms with E-state index in [2.05, 4.69) is 5.32 Å². The number of hydrogen-bond donors (Lipinski definition) is 3. The molecule has 96 valence electrons. The highest BCUT2D eigenvalue weighted by Gasteiger charge is 2.46. The molecule has 0 aromatic carbocycles. The summed E-state index contributed by atoms with van der Waals surface area (Å²) in [4.78, 5) is 0. The lowest BCUT2D eigenvalue weighted by Crippen LogP contribution is -2.61. The minimum Gasteiger partial charge on any atom is -0.392 e. The molecule has 0 aromatic rings. The van der Waals surface area contributed by atoms with Gasteiger partial charge in [0.05, 0.1) is 24.9 Å². The van der Waals surface area contributed by atoms with Crippen molar-refractivity contribution in [1.29, 1.82) is 0 Å². The zero-order valence-corrected chi connectivity index (χ0v) is 10.7. The Morgan fingerprint density at radius 2 is 2.06 bits per heavy atom.